The average molecular weight is 270 g/mol. The van der Waals surface area contributed by atoms with Gasteiger partial charge in [-0.2, -0.15) is 0 Å². The first kappa shape index (κ1) is 12.5. The molecule has 1 aromatic heterocycles. The van der Waals surface area contributed by atoms with E-state index in [2.05, 4.69) is 4.98 Å². The number of aliphatic hydroxyl groups excluding tert-OH is 1. The molecule has 2 aliphatic heterocycles. The lowest BCUT2D eigenvalue weighted by atomic mass is 9.86. The van der Waals surface area contributed by atoms with Gasteiger partial charge in [-0.3, -0.25) is 14.3 Å². The van der Waals surface area contributed by atoms with Crippen molar-refractivity contribution >= 4 is 0 Å². The summed E-state index contributed by atoms with van der Waals surface area (Å²) in [5.41, 5.74) is -3.84. The van der Waals surface area contributed by atoms with Crippen LogP contribution in [-0.4, -0.2) is 50.3 Å². The predicted octanol–water partition coefficient (Wildman–Crippen LogP) is -2.05. The van der Waals surface area contributed by atoms with Gasteiger partial charge in [0.1, 0.15) is 17.3 Å². The third kappa shape index (κ3) is 1.48. The Morgan fingerprint density at radius 3 is 2.89 bits per heavy atom. The van der Waals surface area contributed by atoms with E-state index in [1.54, 1.807) is 0 Å². The fraction of sp³-hybridized carbons (Fsp3) is 0.636. The van der Waals surface area contributed by atoms with E-state index in [1.165, 1.54) is 19.2 Å². The van der Waals surface area contributed by atoms with Crippen LogP contribution in [0, 0.1) is 0 Å². The fourth-order valence-corrected chi connectivity index (χ4v) is 2.67. The zero-order valence-electron chi connectivity index (χ0n) is 10.2. The standard InChI is InChI=1S/C11H14N2O6/c1-10(17)7-8(19-11(10,4-14)5-18-7)13-3-2-6(15)12-9(13)16/h2-3,7-8,14,17H,4-5H2,1H3,(H,12,15,16)/t7-,8-,10-,11-/m1/s1. The number of aliphatic hydroxyl groups is 2. The summed E-state index contributed by atoms with van der Waals surface area (Å²) < 4.78 is 12.2. The van der Waals surface area contributed by atoms with Crippen LogP contribution in [0.5, 0.6) is 0 Å². The van der Waals surface area contributed by atoms with Gasteiger partial charge in [-0.05, 0) is 6.92 Å². The number of nitrogens with zero attached hydrogens (tertiary/aromatic N) is 1. The van der Waals surface area contributed by atoms with E-state index in [4.69, 9.17) is 9.47 Å². The molecule has 8 nitrogen and oxygen atoms in total. The Labute approximate surface area is 107 Å². The van der Waals surface area contributed by atoms with Crippen LogP contribution in [0.15, 0.2) is 21.9 Å². The molecule has 1 aromatic rings. The molecule has 0 amide bonds. The summed E-state index contributed by atoms with van der Waals surface area (Å²) in [6.45, 7) is 1.12. The maximum Gasteiger partial charge on any atom is 0.330 e. The van der Waals surface area contributed by atoms with Gasteiger partial charge in [-0.15, -0.1) is 0 Å². The molecule has 0 aliphatic carbocycles. The van der Waals surface area contributed by atoms with Crippen molar-refractivity contribution < 1.29 is 19.7 Å². The van der Waals surface area contributed by atoms with Crippen LogP contribution >= 0.6 is 0 Å². The smallest absolute Gasteiger partial charge is 0.330 e. The topological polar surface area (TPSA) is 114 Å². The van der Waals surface area contributed by atoms with E-state index in [9.17, 15) is 19.8 Å². The number of hydrogen-bond acceptors (Lipinski definition) is 6. The van der Waals surface area contributed by atoms with Crippen molar-refractivity contribution in [3.63, 3.8) is 0 Å². The van der Waals surface area contributed by atoms with E-state index >= 15 is 0 Å². The van der Waals surface area contributed by atoms with Crippen LogP contribution in [0.1, 0.15) is 13.2 Å². The van der Waals surface area contributed by atoms with Crippen LogP contribution in [0.25, 0.3) is 0 Å². The van der Waals surface area contributed by atoms with Crippen molar-refractivity contribution in [2.75, 3.05) is 13.2 Å². The lowest BCUT2D eigenvalue weighted by molar-refractivity contribution is -0.191. The highest BCUT2D eigenvalue weighted by Crippen LogP contribution is 2.50. The summed E-state index contributed by atoms with van der Waals surface area (Å²) >= 11 is 0. The largest absolute Gasteiger partial charge is 0.393 e. The first-order valence-electron chi connectivity index (χ1n) is 5.85. The summed E-state index contributed by atoms with van der Waals surface area (Å²) in [4.78, 5) is 24.9. The van der Waals surface area contributed by atoms with Gasteiger partial charge >= 0.3 is 5.69 Å². The molecule has 0 unspecified atom stereocenters. The Bertz CT molecular complexity index is 620. The van der Waals surface area contributed by atoms with Crippen LogP contribution in [-0.2, 0) is 9.47 Å². The number of aromatic amines is 1. The van der Waals surface area contributed by atoms with Crippen LogP contribution in [0.3, 0.4) is 0 Å². The highest BCUT2D eigenvalue weighted by atomic mass is 16.7. The fourth-order valence-electron chi connectivity index (χ4n) is 2.67. The Morgan fingerprint density at radius 1 is 1.58 bits per heavy atom. The molecule has 8 heteroatoms. The second-order valence-corrected chi connectivity index (χ2v) is 5.06. The van der Waals surface area contributed by atoms with E-state index < -0.39 is 41.4 Å². The molecule has 3 rings (SSSR count). The van der Waals surface area contributed by atoms with E-state index in [-0.39, 0.29) is 6.61 Å². The molecule has 104 valence electrons. The zero-order valence-corrected chi connectivity index (χ0v) is 10.2. The second-order valence-electron chi connectivity index (χ2n) is 5.06. The summed E-state index contributed by atoms with van der Waals surface area (Å²) in [6.07, 6.45) is -0.402. The molecule has 0 spiro atoms. The summed E-state index contributed by atoms with van der Waals surface area (Å²) in [7, 11) is 0. The first-order chi connectivity index (χ1) is 8.91. The Morgan fingerprint density at radius 2 is 2.32 bits per heavy atom. The maximum atomic E-state index is 11.7. The lowest BCUT2D eigenvalue weighted by Crippen LogP contribution is -2.52. The van der Waals surface area contributed by atoms with Gasteiger partial charge in [0, 0.05) is 12.3 Å². The molecular formula is C11H14N2O6. The van der Waals surface area contributed by atoms with Crippen molar-refractivity contribution in [1.29, 1.82) is 0 Å². The van der Waals surface area contributed by atoms with E-state index in [0.717, 1.165) is 4.57 Å². The van der Waals surface area contributed by atoms with E-state index in [0.29, 0.717) is 0 Å². The molecule has 3 heterocycles. The van der Waals surface area contributed by atoms with Gasteiger partial charge in [-0.25, -0.2) is 4.79 Å². The molecular weight excluding hydrogens is 256 g/mol. The first-order valence-corrected chi connectivity index (χ1v) is 5.85. The van der Waals surface area contributed by atoms with Gasteiger partial charge in [-0.1, -0.05) is 0 Å². The third-order valence-corrected chi connectivity index (χ3v) is 3.96. The molecule has 2 fully saturated rings. The number of nitrogens with one attached hydrogen (secondary N) is 1. The Kier molecular flexibility index (Phi) is 2.49. The molecule has 0 aromatic carbocycles. The number of ether oxygens (including phenoxy) is 2. The molecule has 2 saturated heterocycles. The van der Waals surface area contributed by atoms with Crippen molar-refractivity contribution in [2.24, 2.45) is 0 Å². The van der Waals surface area contributed by atoms with Gasteiger partial charge in [0.2, 0.25) is 0 Å². The number of aromatic nitrogens is 2. The van der Waals surface area contributed by atoms with Crippen molar-refractivity contribution in [3.05, 3.63) is 33.1 Å². The SMILES string of the molecule is C[C@@]1(O)[C@@H]2OC[C@@]1(CO)O[C@H]2n1ccc(=O)[nH]c1=O. The third-order valence-electron chi connectivity index (χ3n) is 3.96. The normalized spacial score (nSPS) is 40.8. The monoisotopic (exact) mass is 270 g/mol. The summed E-state index contributed by atoms with van der Waals surface area (Å²) in [5.74, 6) is 0. The zero-order chi connectivity index (χ0) is 13.8. The molecule has 0 radical (unpaired) electrons. The molecule has 0 saturated carbocycles. The van der Waals surface area contributed by atoms with E-state index in [1.807, 2.05) is 0 Å². The molecule has 4 atom stereocenters. The van der Waals surface area contributed by atoms with Crippen molar-refractivity contribution in [1.82, 2.24) is 9.55 Å². The quantitative estimate of drug-likeness (QED) is 0.570. The van der Waals surface area contributed by atoms with Crippen LogP contribution in [0.4, 0.5) is 0 Å². The minimum absolute atomic E-state index is 0.0514. The molecule has 3 N–H and O–H groups in total. The highest BCUT2D eigenvalue weighted by Gasteiger charge is 2.69. The highest BCUT2D eigenvalue weighted by molar-refractivity contribution is 5.15. The minimum atomic E-state index is -1.41. The molecule has 19 heavy (non-hydrogen) atoms. The molecule has 2 bridgehead atoms. The van der Waals surface area contributed by atoms with Gasteiger partial charge in [0.15, 0.2) is 6.23 Å². The Hall–Kier alpha value is -1.48. The van der Waals surface area contributed by atoms with Crippen LogP contribution < -0.4 is 11.2 Å². The van der Waals surface area contributed by atoms with Gasteiger partial charge in [0.25, 0.3) is 5.56 Å². The van der Waals surface area contributed by atoms with Gasteiger partial charge in [0.05, 0.1) is 13.2 Å². The lowest BCUT2D eigenvalue weighted by Gasteiger charge is -2.31. The minimum Gasteiger partial charge on any atom is -0.393 e. The van der Waals surface area contributed by atoms with Crippen molar-refractivity contribution in [3.8, 4) is 0 Å². The summed E-state index contributed by atoms with van der Waals surface area (Å²) in [6, 6.07) is 1.18. The van der Waals surface area contributed by atoms with Gasteiger partial charge < -0.3 is 19.7 Å². The number of H-pyrrole nitrogens is 1. The number of hydrogen-bond donors (Lipinski definition) is 3. The van der Waals surface area contributed by atoms with Crippen molar-refractivity contribution in [2.45, 2.75) is 30.5 Å². The number of rotatable bonds is 2. The maximum absolute atomic E-state index is 11.7. The predicted molar refractivity (Wildman–Crippen MR) is 61.6 cm³/mol. The Balaban J connectivity index is 2.06. The summed E-state index contributed by atoms with van der Waals surface area (Å²) in [5, 5.41) is 19.9. The average Bonchev–Trinajstić information content (AvgIpc) is 2.73. The second kappa shape index (κ2) is 3.76. The van der Waals surface area contributed by atoms with Crippen LogP contribution in [0.2, 0.25) is 0 Å². The number of fused-ring (bicyclic) bond motifs is 2. The molecule has 2 aliphatic rings.